The highest BCUT2D eigenvalue weighted by Gasteiger charge is 2.24. The third-order valence-corrected chi connectivity index (χ3v) is 6.37. The maximum Gasteiger partial charge on any atom is 0.295 e. The average molecular weight is 333 g/mol. The number of rotatable bonds is 4. The number of thiophene rings is 1. The van der Waals surface area contributed by atoms with Crippen LogP contribution in [0.1, 0.15) is 0 Å². The molecule has 5 nitrogen and oxygen atoms in total. The van der Waals surface area contributed by atoms with Gasteiger partial charge in [0.1, 0.15) is 14.2 Å². The molecular weight excluding hydrogens is 325 g/mol. The first-order valence-electron chi connectivity index (χ1n) is 5.19. The zero-order valence-corrected chi connectivity index (χ0v) is 12.5. The van der Waals surface area contributed by atoms with Crippen LogP contribution in [0.3, 0.4) is 0 Å². The Kier molecular flexibility index (Phi) is 4.11. The molecule has 0 N–H and O–H groups in total. The summed E-state index contributed by atoms with van der Waals surface area (Å²) in [6, 6.07) is 6.47. The third kappa shape index (κ3) is 3.35. The lowest BCUT2D eigenvalue weighted by atomic mass is 10.4. The smallest absolute Gasteiger partial charge is 0.258 e. The first-order chi connectivity index (χ1) is 9.27. The highest BCUT2D eigenvalue weighted by molar-refractivity contribution is 8.02. The van der Waals surface area contributed by atoms with E-state index >= 15 is 0 Å². The molecule has 20 heavy (non-hydrogen) atoms. The molecule has 0 atom stereocenters. The number of hydrogen-bond donors (Lipinski definition) is 0. The molecule has 2 aromatic rings. The van der Waals surface area contributed by atoms with E-state index in [2.05, 4.69) is 0 Å². The van der Waals surface area contributed by atoms with Crippen molar-refractivity contribution in [2.75, 3.05) is 6.26 Å². The summed E-state index contributed by atoms with van der Waals surface area (Å²) < 4.78 is 35.9. The molecule has 0 aliphatic carbocycles. The van der Waals surface area contributed by atoms with Crippen molar-refractivity contribution in [3.8, 4) is 0 Å². The fourth-order valence-corrected chi connectivity index (χ4v) is 4.72. The minimum Gasteiger partial charge on any atom is -0.258 e. The number of nitrogens with zero attached hydrogens (tertiary/aromatic N) is 1. The van der Waals surface area contributed by atoms with E-state index in [1.165, 1.54) is 24.3 Å². The molecule has 1 heterocycles. The van der Waals surface area contributed by atoms with Gasteiger partial charge in [-0.05, 0) is 24.3 Å². The number of nitro groups is 1. The Hall–Kier alpha value is -1.45. The Morgan fingerprint density at radius 1 is 1.30 bits per heavy atom. The highest BCUT2D eigenvalue weighted by atomic mass is 32.2. The molecule has 1 aromatic heterocycles. The van der Waals surface area contributed by atoms with Gasteiger partial charge < -0.3 is 0 Å². The molecule has 0 bridgehead atoms. The van der Waals surface area contributed by atoms with E-state index in [9.17, 15) is 22.9 Å². The Bertz CT molecular complexity index is 752. The summed E-state index contributed by atoms with van der Waals surface area (Å²) >= 11 is 1.87. The van der Waals surface area contributed by atoms with E-state index < -0.39 is 20.6 Å². The lowest BCUT2D eigenvalue weighted by Gasteiger charge is -1.98. The highest BCUT2D eigenvalue weighted by Crippen LogP contribution is 2.42. The summed E-state index contributed by atoms with van der Waals surface area (Å²) in [5.74, 6) is -0.410. The summed E-state index contributed by atoms with van der Waals surface area (Å²) in [5, 5.41) is 11.0. The van der Waals surface area contributed by atoms with Crippen LogP contribution in [0.25, 0.3) is 0 Å². The van der Waals surface area contributed by atoms with Crippen LogP contribution >= 0.6 is 23.1 Å². The molecule has 0 aliphatic rings. The van der Waals surface area contributed by atoms with Gasteiger partial charge in [-0.15, -0.1) is 11.3 Å². The number of halogens is 1. The number of benzene rings is 1. The average Bonchev–Trinajstić information content (AvgIpc) is 2.76. The molecule has 0 saturated heterocycles. The summed E-state index contributed by atoms with van der Waals surface area (Å²) in [7, 11) is -3.50. The minimum absolute atomic E-state index is 0.0613. The van der Waals surface area contributed by atoms with Crippen molar-refractivity contribution in [3.05, 3.63) is 46.3 Å². The Balaban J connectivity index is 2.42. The van der Waals surface area contributed by atoms with Gasteiger partial charge in [0.2, 0.25) is 0 Å². The van der Waals surface area contributed by atoms with Gasteiger partial charge in [0, 0.05) is 17.2 Å². The van der Waals surface area contributed by atoms with Crippen LogP contribution in [0.4, 0.5) is 10.1 Å². The molecule has 9 heteroatoms. The molecule has 1 aromatic carbocycles. The van der Waals surface area contributed by atoms with Gasteiger partial charge in [0.05, 0.1) is 4.92 Å². The third-order valence-electron chi connectivity index (χ3n) is 2.24. The van der Waals surface area contributed by atoms with Crippen molar-refractivity contribution in [2.24, 2.45) is 0 Å². The molecule has 0 radical (unpaired) electrons. The lowest BCUT2D eigenvalue weighted by Crippen LogP contribution is -1.92. The van der Waals surface area contributed by atoms with Gasteiger partial charge >= 0.3 is 0 Å². The summed E-state index contributed by atoms with van der Waals surface area (Å²) in [5.41, 5.74) is -0.259. The summed E-state index contributed by atoms with van der Waals surface area (Å²) in [4.78, 5) is 10.9. The van der Waals surface area contributed by atoms with E-state index in [1.54, 1.807) is 0 Å². The number of sulfone groups is 1. The van der Waals surface area contributed by atoms with Gasteiger partial charge in [-0.1, -0.05) is 11.8 Å². The van der Waals surface area contributed by atoms with Crippen LogP contribution in [0.5, 0.6) is 0 Å². The first kappa shape index (κ1) is 14.9. The van der Waals surface area contributed by atoms with Crippen molar-refractivity contribution in [1.29, 1.82) is 0 Å². The van der Waals surface area contributed by atoms with Crippen molar-refractivity contribution < 1.29 is 17.7 Å². The van der Waals surface area contributed by atoms with E-state index in [0.717, 1.165) is 35.4 Å². The Morgan fingerprint density at radius 3 is 2.40 bits per heavy atom. The van der Waals surface area contributed by atoms with Gasteiger partial charge in [0.15, 0.2) is 9.84 Å². The van der Waals surface area contributed by atoms with Gasteiger partial charge in [-0.2, -0.15) is 0 Å². The number of hydrogen-bond acceptors (Lipinski definition) is 6. The summed E-state index contributed by atoms with van der Waals surface area (Å²) in [6.07, 6.45) is 0.995. The second-order valence-corrected chi connectivity index (χ2v) is 8.46. The molecule has 106 valence electrons. The van der Waals surface area contributed by atoms with Crippen LogP contribution in [0, 0.1) is 15.9 Å². The molecule has 0 fully saturated rings. The molecule has 0 spiro atoms. The normalized spacial score (nSPS) is 11.5. The van der Waals surface area contributed by atoms with Crippen LogP contribution in [-0.2, 0) is 9.84 Å². The fourth-order valence-electron chi connectivity index (χ4n) is 1.34. The molecule has 0 amide bonds. The minimum atomic E-state index is -3.50. The zero-order chi connectivity index (χ0) is 14.9. The monoisotopic (exact) mass is 333 g/mol. The predicted molar refractivity (Wildman–Crippen MR) is 74.6 cm³/mol. The quantitative estimate of drug-likeness (QED) is 0.633. The second kappa shape index (κ2) is 5.51. The molecule has 2 rings (SSSR count). The summed E-state index contributed by atoms with van der Waals surface area (Å²) in [6.45, 7) is 0. The first-order valence-corrected chi connectivity index (χ1v) is 8.71. The van der Waals surface area contributed by atoms with Crippen molar-refractivity contribution in [1.82, 2.24) is 0 Å². The van der Waals surface area contributed by atoms with E-state index in [4.69, 9.17) is 0 Å². The Morgan fingerprint density at radius 2 is 1.90 bits per heavy atom. The Labute approximate surface area is 122 Å². The van der Waals surface area contributed by atoms with E-state index in [-0.39, 0.29) is 14.1 Å². The standard InChI is InChI=1S/C11H8FNO4S3/c1-20(16,17)10-6-9(13(14)15)11(19-10)18-8-4-2-7(12)3-5-8/h2-6H,1H3. The SMILES string of the molecule is CS(=O)(=O)c1cc([N+](=O)[O-])c(Sc2ccc(F)cc2)s1. The lowest BCUT2D eigenvalue weighted by molar-refractivity contribution is -0.387. The molecular formula is C11H8FNO4S3. The van der Waals surface area contributed by atoms with Crippen LogP contribution < -0.4 is 0 Å². The van der Waals surface area contributed by atoms with Gasteiger partial charge in [-0.25, -0.2) is 12.8 Å². The fraction of sp³-hybridized carbons (Fsp3) is 0.0909. The predicted octanol–water partition coefficient (Wildman–Crippen LogP) is 3.35. The van der Waals surface area contributed by atoms with Crippen molar-refractivity contribution in [3.63, 3.8) is 0 Å². The maximum absolute atomic E-state index is 12.8. The zero-order valence-electron chi connectivity index (χ0n) is 10.1. The maximum atomic E-state index is 12.8. The molecule has 0 saturated carbocycles. The van der Waals surface area contributed by atoms with Gasteiger partial charge in [-0.3, -0.25) is 10.1 Å². The second-order valence-electron chi connectivity index (χ2n) is 3.82. The molecule has 0 aliphatic heterocycles. The van der Waals surface area contributed by atoms with Gasteiger partial charge in [0.25, 0.3) is 5.69 Å². The van der Waals surface area contributed by atoms with Crippen LogP contribution in [0.15, 0.2) is 43.6 Å². The topological polar surface area (TPSA) is 77.3 Å². The largest absolute Gasteiger partial charge is 0.295 e. The van der Waals surface area contributed by atoms with Crippen LogP contribution in [-0.4, -0.2) is 19.6 Å². The van der Waals surface area contributed by atoms with E-state index in [0.29, 0.717) is 4.90 Å². The van der Waals surface area contributed by atoms with Crippen molar-refractivity contribution in [2.45, 2.75) is 13.3 Å². The molecule has 0 unspecified atom stereocenters. The van der Waals surface area contributed by atoms with Crippen molar-refractivity contribution >= 4 is 38.6 Å². The van der Waals surface area contributed by atoms with Crippen LogP contribution in [0.2, 0.25) is 0 Å². The van der Waals surface area contributed by atoms with E-state index in [1.807, 2.05) is 0 Å².